The smallest absolute Gasteiger partial charge is 0.282 e. The first-order valence-electron chi connectivity index (χ1n) is 6.84. The van der Waals surface area contributed by atoms with E-state index in [1.807, 2.05) is 13.0 Å². The quantitative estimate of drug-likeness (QED) is 0.791. The zero-order chi connectivity index (χ0) is 13.8. The number of hydrogen-bond donors (Lipinski definition) is 2. The van der Waals surface area contributed by atoms with Crippen LogP contribution in [0.4, 0.5) is 5.69 Å². The highest BCUT2D eigenvalue weighted by Crippen LogP contribution is 2.11. The molecule has 0 saturated carbocycles. The molecule has 1 aromatic rings. The number of nitrogens with one attached hydrogen (secondary N) is 2. The molecule has 1 amide bonds. The number of carbonyl (C=O) groups excluding carboxylic acids is 2. The molecule has 1 atom stereocenters. The number of amides is 1. The molecule has 1 aromatic carbocycles. The third kappa shape index (κ3) is 3.41. The number of Topliss-reactive ketones (excluding diaryl/α,β-unsaturated/α-hetero) is 1. The summed E-state index contributed by atoms with van der Waals surface area (Å²) in [6.07, 6.45) is 2.40. The second kappa shape index (κ2) is 5.97. The normalized spacial score (nSPS) is 17.2. The molecule has 0 radical (unpaired) electrons. The fraction of sp³-hybridized carbons (Fsp3) is 0.467. The van der Waals surface area contributed by atoms with Gasteiger partial charge in [0.25, 0.3) is 5.91 Å². The van der Waals surface area contributed by atoms with Crippen molar-refractivity contribution in [1.82, 2.24) is 0 Å². The fourth-order valence-corrected chi connectivity index (χ4v) is 2.51. The topological polar surface area (TPSA) is 50.6 Å². The van der Waals surface area contributed by atoms with Crippen molar-refractivity contribution in [3.63, 3.8) is 0 Å². The molecule has 0 aromatic heterocycles. The Bertz CT molecular complexity index is 479. The number of benzene rings is 1. The summed E-state index contributed by atoms with van der Waals surface area (Å²) < 4.78 is 0. The summed E-state index contributed by atoms with van der Waals surface area (Å²) in [5.41, 5.74) is 1.32. The predicted molar refractivity (Wildman–Crippen MR) is 74.5 cm³/mol. The molecule has 2 rings (SSSR count). The maximum absolute atomic E-state index is 12.2. The van der Waals surface area contributed by atoms with Crippen LogP contribution < -0.4 is 10.2 Å². The zero-order valence-electron chi connectivity index (χ0n) is 11.5. The summed E-state index contributed by atoms with van der Waals surface area (Å²) in [5.74, 6) is 0.0342. The fourth-order valence-electron chi connectivity index (χ4n) is 2.51. The van der Waals surface area contributed by atoms with E-state index in [0.29, 0.717) is 11.3 Å². The highest BCUT2D eigenvalue weighted by Gasteiger charge is 2.27. The predicted octanol–water partition coefficient (Wildman–Crippen LogP) is 0.895. The van der Waals surface area contributed by atoms with Gasteiger partial charge in [0.1, 0.15) is 0 Å². The lowest BCUT2D eigenvalue weighted by molar-refractivity contribution is -0.901. The Balaban J connectivity index is 2.01. The van der Waals surface area contributed by atoms with Gasteiger partial charge in [-0.3, -0.25) is 9.59 Å². The van der Waals surface area contributed by atoms with Crippen LogP contribution in [0, 0.1) is 0 Å². The highest BCUT2D eigenvalue weighted by atomic mass is 16.2. The molecule has 0 aliphatic carbocycles. The van der Waals surface area contributed by atoms with Crippen LogP contribution in [0.1, 0.15) is 37.0 Å². The summed E-state index contributed by atoms with van der Waals surface area (Å²) in [6.45, 7) is 5.63. The van der Waals surface area contributed by atoms with Gasteiger partial charge in [-0.25, -0.2) is 0 Å². The maximum Gasteiger partial charge on any atom is 0.282 e. The second-order valence-electron chi connectivity index (χ2n) is 5.21. The van der Waals surface area contributed by atoms with Crippen LogP contribution in [0.3, 0.4) is 0 Å². The monoisotopic (exact) mass is 261 g/mol. The van der Waals surface area contributed by atoms with Gasteiger partial charge in [0.05, 0.1) is 13.1 Å². The van der Waals surface area contributed by atoms with Crippen molar-refractivity contribution in [2.75, 3.05) is 18.4 Å². The third-order valence-electron chi connectivity index (χ3n) is 3.79. The zero-order valence-corrected chi connectivity index (χ0v) is 11.5. The Morgan fingerprint density at radius 3 is 2.58 bits per heavy atom. The van der Waals surface area contributed by atoms with Gasteiger partial charge in [-0.05, 0) is 26.0 Å². The number of rotatable bonds is 4. The van der Waals surface area contributed by atoms with E-state index in [9.17, 15) is 9.59 Å². The molecular weight excluding hydrogens is 240 g/mol. The molecule has 1 fully saturated rings. The van der Waals surface area contributed by atoms with E-state index in [-0.39, 0.29) is 17.7 Å². The van der Waals surface area contributed by atoms with Gasteiger partial charge in [0.15, 0.2) is 11.8 Å². The molecule has 1 heterocycles. The first kappa shape index (κ1) is 13.7. The number of likely N-dealkylation sites (tertiary alicyclic amines) is 1. The second-order valence-corrected chi connectivity index (χ2v) is 5.21. The summed E-state index contributed by atoms with van der Waals surface area (Å²) >= 11 is 0. The molecule has 2 N–H and O–H groups in total. The molecule has 1 aliphatic rings. The van der Waals surface area contributed by atoms with E-state index in [2.05, 4.69) is 5.32 Å². The standard InChI is InChI=1S/C15H20N2O2/c1-11(17-8-3-4-9-17)15(19)16-14-7-5-6-13(10-14)12(2)18/h5-7,10-11H,3-4,8-9H2,1-2H3,(H,16,19)/p+1/t11-/m1/s1. The minimum absolute atomic E-state index is 0.00863. The number of anilines is 1. The lowest BCUT2D eigenvalue weighted by Crippen LogP contribution is -3.14. The summed E-state index contributed by atoms with van der Waals surface area (Å²) in [6, 6.07) is 7.05. The Kier molecular flexibility index (Phi) is 4.32. The van der Waals surface area contributed by atoms with Gasteiger partial charge in [-0.2, -0.15) is 0 Å². The van der Waals surface area contributed by atoms with Crippen LogP contribution in [0.15, 0.2) is 24.3 Å². The molecule has 1 aliphatic heterocycles. The van der Waals surface area contributed by atoms with Gasteiger partial charge >= 0.3 is 0 Å². The Hall–Kier alpha value is -1.68. The van der Waals surface area contributed by atoms with E-state index < -0.39 is 0 Å². The number of hydrogen-bond acceptors (Lipinski definition) is 2. The molecule has 19 heavy (non-hydrogen) atoms. The highest BCUT2D eigenvalue weighted by molar-refractivity contribution is 5.97. The Labute approximate surface area is 113 Å². The van der Waals surface area contributed by atoms with E-state index in [0.717, 1.165) is 13.1 Å². The lowest BCUT2D eigenvalue weighted by Gasteiger charge is -2.20. The first-order valence-corrected chi connectivity index (χ1v) is 6.84. The van der Waals surface area contributed by atoms with Crippen molar-refractivity contribution < 1.29 is 14.5 Å². The summed E-state index contributed by atoms with van der Waals surface area (Å²) in [7, 11) is 0. The average Bonchev–Trinajstić information content (AvgIpc) is 2.92. The van der Waals surface area contributed by atoms with Crippen molar-refractivity contribution >= 4 is 17.4 Å². The van der Waals surface area contributed by atoms with Crippen molar-refractivity contribution in [1.29, 1.82) is 0 Å². The molecule has 1 saturated heterocycles. The van der Waals surface area contributed by atoms with Crippen LogP contribution in [0.5, 0.6) is 0 Å². The Morgan fingerprint density at radius 2 is 1.95 bits per heavy atom. The van der Waals surface area contributed by atoms with Crippen LogP contribution in [0.2, 0.25) is 0 Å². The molecule has 4 nitrogen and oxygen atoms in total. The van der Waals surface area contributed by atoms with Crippen molar-refractivity contribution in [3.8, 4) is 0 Å². The lowest BCUT2D eigenvalue weighted by atomic mass is 10.1. The number of carbonyl (C=O) groups is 2. The molecule has 4 heteroatoms. The first-order chi connectivity index (χ1) is 9.08. The van der Waals surface area contributed by atoms with Gasteiger partial charge < -0.3 is 10.2 Å². The summed E-state index contributed by atoms with van der Waals surface area (Å²) in [5, 5.41) is 2.90. The average molecular weight is 261 g/mol. The molecule has 0 bridgehead atoms. The van der Waals surface area contributed by atoms with E-state index in [4.69, 9.17) is 0 Å². The molecule has 0 spiro atoms. The van der Waals surface area contributed by atoms with Crippen LogP contribution in [-0.4, -0.2) is 30.8 Å². The van der Waals surface area contributed by atoms with Gasteiger partial charge in [-0.15, -0.1) is 0 Å². The minimum Gasteiger partial charge on any atom is -0.325 e. The minimum atomic E-state index is -0.0384. The van der Waals surface area contributed by atoms with Gasteiger partial charge in [0, 0.05) is 24.1 Å². The molecule has 102 valence electrons. The van der Waals surface area contributed by atoms with Crippen LogP contribution >= 0.6 is 0 Å². The number of quaternary nitrogens is 1. The Morgan fingerprint density at radius 1 is 1.26 bits per heavy atom. The third-order valence-corrected chi connectivity index (χ3v) is 3.79. The largest absolute Gasteiger partial charge is 0.325 e. The van der Waals surface area contributed by atoms with Gasteiger partial charge in [-0.1, -0.05) is 12.1 Å². The maximum atomic E-state index is 12.2. The molecular formula is C15H21N2O2+. The van der Waals surface area contributed by atoms with E-state index >= 15 is 0 Å². The van der Waals surface area contributed by atoms with Crippen molar-refractivity contribution in [2.24, 2.45) is 0 Å². The molecule has 0 unspecified atom stereocenters. The SMILES string of the molecule is CC(=O)c1cccc(NC(=O)[C@@H](C)[NH+]2CCCC2)c1. The number of ketones is 1. The van der Waals surface area contributed by atoms with Crippen molar-refractivity contribution in [3.05, 3.63) is 29.8 Å². The van der Waals surface area contributed by atoms with Crippen molar-refractivity contribution in [2.45, 2.75) is 32.7 Å². The summed E-state index contributed by atoms with van der Waals surface area (Å²) in [4.78, 5) is 24.8. The van der Waals surface area contributed by atoms with Crippen LogP contribution in [-0.2, 0) is 4.79 Å². The van der Waals surface area contributed by atoms with Crippen LogP contribution in [0.25, 0.3) is 0 Å². The van der Waals surface area contributed by atoms with E-state index in [1.165, 1.54) is 24.7 Å². The van der Waals surface area contributed by atoms with E-state index in [1.54, 1.807) is 18.2 Å². The van der Waals surface area contributed by atoms with Gasteiger partial charge in [0.2, 0.25) is 0 Å².